The minimum Gasteiger partial charge on any atom is -0.481 e. The van der Waals surface area contributed by atoms with E-state index in [9.17, 15) is 9.59 Å². The van der Waals surface area contributed by atoms with E-state index in [1.54, 1.807) is 6.92 Å². The Hall–Kier alpha value is -1.06. The third-order valence-electron chi connectivity index (χ3n) is 3.77. The molecule has 0 saturated heterocycles. The Bertz CT molecular complexity index is 270. The molecule has 0 bridgehead atoms. The molecular formula is C14H25NO3. The van der Waals surface area contributed by atoms with E-state index in [1.807, 2.05) is 0 Å². The summed E-state index contributed by atoms with van der Waals surface area (Å²) in [5.41, 5.74) is 0. The number of rotatable bonds is 6. The van der Waals surface area contributed by atoms with Crippen LogP contribution in [0.4, 0.5) is 0 Å². The van der Waals surface area contributed by atoms with Gasteiger partial charge >= 0.3 is 5.97 Å². The van der Waals surface area contributed by atoms with Gasteiger partial charge in [0.1, 0.15) is 0 Å². The van der Waals surface area contributed by atoms with Gasteiger partial charge in [-0.05, 0) is 25.2 Å². The van der Waals surface area contributed by atoms with Gasteiger partial charge in [-0.25, -0.2) is 0 Å². The molecule has 2 N–H and O–H groups in total. The Labute approximate surface area is 109 Å². The predicted molar refractivity (Wildman–Crippen MR) is 70.2 cm³/mol. The SMILES string of the molecule is CC(CCNC(=O)CC1CCCCCC1)C(=O)O. The Morgan fingerprint density at radius 1 is 1.22 bits per heavy atom. The summed E-state index contributed by atoms with van der Waals surface area (Å²) in [7, 11) is 0. The third kappa shape index (κ3) is 6.03. The largest absolute Gasteiger partial charge is 0.481 e. The zero-order valence-electron chi connectivity index (χ0n) is 11.3. The van der Waals surface area contributed by atoms with E-state index < -0.39 is 5.97 Å². The summed E-state index contributed by atoms with van der Waals surface area (Å²) in [4.78, 5) is 22.3. The molecule has 1 atom stereocenters. The number of aliphatic carboxylic acids is 1. The molecule has 1 amide bonds. The molecule has 1 saturated carbocycles. The summed E-state index contributed by atoms with van der Waals surface area (Å²) >= 11 is 0. The Morgan fingerprint density at radius 3 is 2.39 bits per heavy atom. The highest BCUT2D eigenvalue weighted by Gasteiger charge is 2.16. The molecule has 0 aromatic rings. The summed E-state index contributed by atoms with van der Waals surface area (Å²) in [5, 5.41) is 11.6. The van der Waals surface area contributed by atoms with E-state index in [4.69, 9.17) is 5.11 Å². The molecular weight excluding hydrogens is 230 g/mol. The molecule has 4 nitrogen and oxygen atoms in total. The van der Waals surface area contributed by atoms with Crippen LogP contribution in [0, 0.1) is 11.8 Å². The van der Waals surface area contributed by atoms with Crippen molar-refractivity contribution in [1.82, 2.24) is 5.32 Å². The monoisotopic (exact) mass is 255 g/mol. The zero-order valence-corrected chi connectivity index (χ0v) is 11.3. The van der Waals surface area contributed by atoms with Crippen LogP contribution in [0.15, 0.2) is 0 Å². The van der Waals surface area contributed by atoms with E-state index >= 15 is 0 Å². The maximum Gasteiger partial charge on any atom is 0.306 e. The van der Waals surface area contributed by atoms with Crippen LogP contribution in [-0.2, 0) is 9.59 Å². The number of nitrogens with one attached hydrogen (secondary N) is 1. The first-order valence-corrected chi connectivity index (χ1v) is 7.09. The first-order valence-electron chi connectivity index (χ1n) is 7.09. The van der Waals surface area contributed by atoms with Crippen molar-refractivity contribution in [2.75, 3.05) is 6.54 Å². The van der Waals surface area contributed by atoms with Crippen LogP contribution in [0.25, 0.3) is 0 Å². The van der Waals surface area contributed by atoms with Crippen molar-refractivity contribution in [3.63, 3.8) is 0 Å². The van der Waals surface area contributed by atoms with Crippen molar-refractivity contribution >= 4 is 11.9 Å². The van der Waals surface area contributed by atoms with Crippen molar-refractivity contribution in [3.05, 3.63) is 0 Å². The van der Waals surface area contributed by atoms with Gasteiger partial charge in [0, 0.05) is 13.0 Å². The number of carbonyl (C=O) groups excluding carboxylic acids is 1. The Morgan fingerprint density at radius 2 is 1.83 bits per heavy atom. The summed E-state index contributed by atoms with van der Waals surface area (Å²) in [6.45, 7) is 2.14. The lowest BCUT2D eigenvalue weighted by Crippen LogP contribution is -2.28. The maximum absolute atomic E-state index is 11.7. The second-order valence-corrected chi connectivity index (χ2v) is 5.44. The quantitative estimate of drug-likeness (QED) is 0.717. The smallest absolute Gasteiger partial charge is 0.306 e. The number of carboxylic acids is 1. The molecule has 0 heterocycles. The lowest BCUT2D eigenvalue weighted by Gasteiger charge is -2.14. The van der Waals surface area contributed by atoms with Gasteiger partial charge in [-0.2, -0.15) is 0 Å². The van der Waals surface area contributed by atoms with Gasteiger partial charge in [0.2, 0.25) is 5.91 Å². The molecule has 104 valence electrons. The van der Waals surface area contributed by atoms with E-state index in [2.05, 4.69) is 5.32 Å². The van der Waals surface area contributed by atoms with Crippen molar-refractivity contribution in [2.45, 2.75) is 58.3 Å². The fraction of sp³-hybridized carbons (Fsp3) is 0.857. The van der Waals surface area contributed by atoms with Gasteiger partial charge in [0.05, 0.1) is 5.92 Å². The molecule has 4 heteroatoms. The third-order valence-corrected chi connectivity index (χ3v) is 3.77. The van der Waals surface area contributed by atoms with Crippen LogP contribution < -0.4 is 5.32 Å². The number of hydrogen-bond donors (Lipinski definition) is 2. The second-order valence-electron chi connectivity index (χ2n) is 5.44. The van der Waals surface area contributed by atoms with Crippen molar-refractivity contribution in [3.8, 4) is 0 Å². The fourth-order valence-corrected chi connectivity index (χ4v) is 2.45. The van der Waals surface area contributed by atoms with E-state index in [-0.39, 0.29) is 11.8 Å². The van der Waals surface area contributed by atoms with E-state index in [1.165, 1.54) is 38.5 Å². The van der Waals surface area contributed by atoms with Crippen LogP contribution in [0.3, 0.4) is 0 Å². The van der Waals surface area contributed by atoms with Gasteiger partial charge in [-0.3, -0.25) is 9.59 Å². The minimum atomic E-state index is -0.798. The summed E-state index contributed by atoms with van der Waals surface area (Å²) in [6.07, 6.45) is 8.54. The predicted octanol–water partition coefficient (Wildman–Crippen LogP) is 2.57. The summed E-state index contributed by atoms with van der Waals surface area (Å²) < 4.78 is 0. The molecule has 18 heavy (non-hydrogen) atoms. The van der Waals surface area contributed by atoms with Crippen LogP contribution in [0.2, 0.25) is 0 Å². The average molecular weight is 255 g/mol. The van der Waals surface area contributed by atoms with Crippen LogP contribution >= 0.6 is 0 Å². The average Bonchev–Trinajstić information content (AvgIpc) is 2.57. The fourth-order valence-electron chi connectivity index (χ4n) is 2.45. The van der Waals surface area contributed by atoms with Gasteiger partial charge < -0.3 is 10.4 Å². The molecule has 1 unspecified atom stereocenters. The summed E-state index contributed by atoms with van der Waals surface area (Å²) in [6, 6.07) is 0. The van der Waals surface area contributed by atoms with Crippen molar-refractivity contribution in [1.29, 1.82) is 0 Å². The second kappa shape index (κ2) is 8.11. The molecule has 0 radical (unpaired) electrons. The standard InChI is InChI=1S/C14H25NO3/c1-11(14(17)18)8-9-15-13(16)10-12-6-4-2-3-5-7-12/h11-12H,2-10H2,1H3,(H,15,16)(H,17,18). The van der Waals surface area contributed by atoms with Gasteiger partial charge in [-0.1, -0.05) is 32.6 Å². The molecule has 1 rings (SSSR count). The molecule has 0 spiro atoms. The van der Waals surface area contributed by atoms with Crippen LogP contribution in [-0.4, -0.2) is 23.5 Å². The van der Waals surface area contributed by atoms with Crippen molar-refractivity contribution < 1.29 is 14.7 Å². The number of hydrogen-bond acceptors (Lipinski definition) is 2. The number of amides is 1. The van der Waals surface area contributed by atoms with Crippen LogP contribution in [0.5, 0.6) is 0 Å². The van der Waals surface area contributed by atoms with E-state index in [0.717, 1.165) is 0 Å². The highest BCUT2D eigenvalue weighted by Crippen LogP contribution is 2.25. The highest BCUT2D eigenvalue weighted by atomic mass is 16.4. The number of carboxylic acid groups (broad SMARTS) is 1. The molecule has 1 aliphatic carbocycles. The number of carbonyl (C=O) groups is 2. The van der Waals surface area contributed by atoms with E-state index in [0.29, 0.717) is 25.3 Å². The lowest BCUT2D eigenvalue weighted by molar-refractivity contribution is -0.141. The Balaban J connectivity index is 2.14. The summed E-state index contributed by atoms with van der Waals surface area (Å²) in [5.74, 6) is -0.569. The molecule has 1 aliphatic rings. The van der Waals surface area contributed by atoms with Crippen molar-refractivity contribution in [2.24, 2.45) is 11.8 Å². The first kappa shape index (κ1) is 15.0. The van der Waals surface area contributed by atoms with Gasteiger partial charge in [0.25, 0.3) is 0 Å². The minimum absolute atomic E-state index is 0.0829. The van der Waals surface area contributed by atoms with Crippen LogP contribution in [0.1, 0.15) is 58.3 Å². The maximum atomic E-state index is 11.7. The van der Waals surface area contributed by atoms with Gasteiger partial charge in [-0.15, -0.1) is 0 Å². The molecule has 0 aromatic carbocycles. The molecule has 1 fully saturated rings. The topological polar surface area (TPSA) is 66.4 Å². The molecule has 0 aliphatic heterocycles. The highest BCUT2D eigenvalue weighted by molar-refractivity contribution is 5.76. The normalized spacial score (nSPS) is 18.9. The zero-order chi connectivity index (χ0) is 13.4. The molecule has 0 aromatic heterocycles. The van der Waals surface area contributed by atoms with Gasteiger partial charge in [0.15, 0.2) is 0 Å². The lowest BCUT2D eigenvalue weighted by atomic mass is 9.96. The first-order chi connectivity index (χ1) is 8.59. The Kier molecular flexibility index (Phi) is 6.76.